The highest BCUT2D eigenvalue weighted by Crippen LogP contribution is 2.88. The molecule has 3 nitrogen and oxygen atoms in total. The fourth-order valence-electron chi connectivity index (χ4n) is 11.1. The van der Waals surface area contributed by atoms with Gasteiger partial charge in [-0.25, -0.2) is 0 Å². The van der Waals surface area contributed by atoms with Gasteiger partial charge in [0.2, 0.25) is 0 Å². The number of nitrogens with one attached hydrogen (secondary N) is 2. The van der Waals surface area contributed by atoms with Crippen LogP contribution in [0.3, 0.4) is 0 Å². The fourth-order valence-corrected chi connectivity index (χ4v) is 11.1. The van der Waals surface area contributed by atoms with Gasteiger partial charge in [-0.3, -0.25) is 0 Å². The van der Waals surface area contributed by atoms with Crippen molar-refractivity contribution in [2.45, 2.75) is 104 Å². The van der Waals surface area contributed by atoms with Crippen molar-refractivity contribution in [3.63, 3.8) is 0 Å². The number of hydrogen-bond donors (Lipinski definition) is 3. The minimum absolute atomic E-state index is 0.147. The topological polar surface area (TPSA) is 44.3 Å². The first-order valence-electron chi connectivity index (χ1n) is 12.6. The van der Waals surface area contributed by atoms with Gasteiger partial charge in [0.25, 0.3) is 0 Å². The van der Waals surface area contributed by atoms with Crippen LogP contribution >= 0.6 is 0 Å². The first-order chi connectivity index (χ1) is 13.5. The molecule has 5 aliphatic rings. The van der Waals surface area contributed by atoms with Crippen LogP contribution in [-0.4, -0.2) is 37.4 Å². The standard InChI is InChI=1S/C26H46N2O/c1-16(27-6)21-17(29)14-24(5)19-9-8-18-22(2,3)20(28-7)10-11-25(18)15-26(19,25)13-12-23(21,24)4/h16-21,27-29H,8-15H2,1-7H3/t16-,17+,18-,19+,20-,21-,23-,24-,25-,26+/m0/s1. The van der Waals surface area contributed by atoms with Gasteiger partial charge in [0.1, 0.15) is 0 Å². The third kappa shape index (κ3) is 2.16. The normalized spacial score (nSPS) is 58.6. The molecule has 0 unspecified atom stereocenters. The first-order valence-corrected chi connectivity index (χ1v) is 12.6. The van der Waals surface area contributed by atoms with E-state index in [1.807, 2.05) is 0 Å². The quantitative estimate of drug-likeness (QED) is 0.647. The molecule has 0 aliphatic heterocycles. The summed E-state index contributed by atoms with van der Waals surface area (Å²) in [4.78, 5) is 0. The molecule has 0 heterocycles. The van der Waals surface area contributed by atoms with Gasteiger partial charge in [-0.15, -0.1) is 0 Å². The van der Waals surface area contributed by atoms with E-state index in [1.165, 1.54) is 44.9 Å². The second-order valence-electron chi connectivity index (χ2n) is 13.1. The Kier molecular flexibility index (Phi) is 4.31. The molecular weight excluding hydrogens is 356 g/mol. The molecule has 3 N–H and O–H groups in total. The summed E-state index contributed by atoms with van der Waals surface area (Å²) in [6.45, 7) is 12.6. The molecule has 29 heavy (non-hydrogen) atoms. The van der Waals surface area contributed by atoms with Crippen LogP contribution in [0.1, 0.15) is 86.0 Å². The Morgan fingerprint density at radius 3 is 2.17 bits per heavy atom. The molecule has 5 saturated carbocycles. The molecule has 3 heteroatoms. The molecule has 166 valence electrons. The van der Waals surface area contributed by atoms with Gasteiger partial charge in [0.05, 0.1) is 6.10 Å². The minimum atomic E-state index is -0.147. The Hall–Kier alpha value is -0.120. The summed E-state index contributed by atoms with van der Waals surface area (Å²) in [6.07, 6.45) is 10.7. The highest BCUT2D eigenvalue weighted by Gasteiger charge is 2.82. The Balaban J connectivity index is 1.52. The molecule has 0 radical (unpaired) electrons. The lowest BCUT2D eigenvalue weighted by atomic mass is 9.42. The lowest BCUT2D eigenvalue weighted by Gasteiger charge is -2.63. The Morgan fingerprint density at radius 2 is 1.52 bits per heavy atom. The molecule has 0 amide bonds. The minimum Gasteiger partial charge on any atom is -0.393 e. The summed E-state index contributed by atoms with van der Waals surface area (Å²) < 4.78 is 0. The summed E-state index contributed by atoms with van der Waals surface area (Å²) in [5.74, 6) is 2.08. The van der Waals surface area contributed by atoms with E-state index in [2.05, 4.69) is 59.3 Å². The van der Waals surface area contributed by atoms with Crippen LogP contribution in [0.2, 0.25) is 0 Å². The molecular formula is C26H46N2O. The molecule has 5 rings (SSSR count). The van der Waals surface area contributed by atoms with E-state index in [0.29, 0.717) is 39.7 Å². The summed E-state index contributed by atoms with van der Waals surface area (Å²) in [5, 5.41) is 18.4. The third-order valence-electron chi connectivity index (χ3n) is 12.5. The number of hydrogen-bond acceptors (Lipinski definition) is 3. The van der Waals surface area contributed by atoms with Gasteiger partial charge >= 0.3 is 0 Å². The maximum Gasteiger partial charge on any atom is 0.0594 e. The van der Waals surface area contributed by atoms with E-state index in [4.69, 9.17) is 0 Å². The molecule has 0 bridgehead atoms. The zero-order valence-electron chi connectivity index (χ0n) is 20.1. The second kappa shape index (κ2) is 6.01. The van der Waals surface area contributed by atoms with E-state index in [9.17, 15) is 5.11 Å². The van der Waals surface area contributed by atoms with Crippen molar-refractivity contribution in [1.29, 1.82) is 0 Å². The lowest BCUT2D eigenvalue weighted by molar-refractivity contribution is -0.144. The zero-order chi connectivity index (χ0) is 21.0. The van der Waals surface area contributed by atoms with Gasteiger partial charge in [-0.2, -0.15) is 0 Å². The Morgan fingerprint density at radius 1 is 0.862 bits per heavy atom. The van der Waals surface area contributed by atoms with Gasteiger partial charge < -0.3 is 15.7 Å². The van der Waals surface area contributed by atoms with Crippen LogP contribution in [0.5, 0.6) is 0 Å². The number of rotatable bonds is 3. The number of aliphatic hydroxyl groups is 1. The number of fused-ring (bicyclic) bond motifs is 2. The van der Waals surface area contributed by atoms with Gasteiger partial charge in [-0.05, 0) is 111 Å². The SMILES string of the molecule is CN[C@@H](C)[C@H]1[C@H](O)C[C@@]2(C)[C@H]3CC[C@H]4C(C)(C)[C@@H](NC)CC[C@]45C[C@]35CC[C@@]12C. The third-order valence-corrected chi connectivity index (χ3v) is 12.5. The smallest absolute Gasteiger partial charge is 0.0594 e. The van der Waals surface area contributed by atoms with Crippen molar-refractivity contribution in [3.8, 4) is 0 Å². The first kappa shape index (κ1) is 20.8. The van der Waals surface area contributed by atoms with E-state index in [1.54, 1.807) is 0 Å². The lowest BCUT2D eigenvalue weighted by Crippen LogP contribution is -2.59. The summed E-state index contributed by atoms with van der Waals surface area (Å²) in [6, 6.07) is 1.06. The van der Waals surface area contributed by atoms with Gasteiger partial charge in [0.15, 0.2) is 0 Å². The highest BCUT2D eigenvalue weighted by atomic mass is 16.3. The van der Waals surface area contributed by atoms with Crippen molar-refractivity contribution < 1.29 is 5.11 Å². The maximum absolute atomic E-state index is 11.3. The van der Waals surface area contributed by atoms with Crippen LogP contribution in [0.25, 0.3) is 0 Å². The van der Waals surface area contributed by atoms with Crippen molar-refractivity contribution in [2.24, 2.45) is 44.8 Å². The van der Waals surface area contributed by atoms with Crippen LogP contribution in [0, 0.1) is 44.8 Å². The molecule has 10 atom stereocenters. The van der Waals surface area contributed by atoms with Crippen molar-refractivity contribution >= 4 is 0 Å². The number of aliphatic hydroxyl groups excluding tert-OH is 1. The monoisotopic (exact) mass is 402 g/mol. The molecule has 5 aliphatic carbocycles. The highest BCUT2D eigenvalue weighted by molar-refractivity contribution is 5.31. The van der Waals surface area contributed by atoms with E-state index in [-0.39, 0.29) is 11.5 Å². The molecule has 0 aromatic rings. The van der Waals surface area contributed by atoms with E-state index in [0.717, 1.165) is 18.3 Å². The van der Waals surface area contributed by atoms with Crippen molar-refractivity contribution in [2.75, 3.05) is 14.1 Å². The second-order valence-corrected chi connectivity index (χ2v) is 13.1. The Bertz CT molecular complexity index is 692. The zero-order valence-corrected chi connectivity index (χ0v) is 20.1. The average Bonchev–Trinajstić information content (AvgIpc) is 3.26. The predicted octanol–water partition coefficient (Wildman–Crippen LogP) is 4.59. The van der Waals surface area contributed by atoms with Crippen molar-refractivity contribution in [3.05, 3.63) is 0 Å². The summed E-state index contributed by atoms with van der Waals surface area (Å²) in [7, 11) is 4.25. The molecule has 0 saturated heterocycles. The van der Waals surface area contributed by atoms with Crippen molar-refractivity contribution in [1.82, 2.24) is 10.6 Å². The van der Waals surface area contributed by atoms with E-state index < -0.39 is 0 Å². The summed E-state index contributed by atoms with van der Waals surface area (Å²) in [5.41, 5.74) is 2.14. The summed E-state index contributed by atoms with van der Waals surface area (Å²) >= 11 is 0. The van der Waals surface area contributed by atoms with Crippen LogP contribution in [-0.2, 0) is 0 Å². The largest absolute Gasteiger partial charge is 0.393 e. The van der Waals surface area contributed by atoms with Crippen LogP contribution in [0.4, 0.5) is 0 Å². The maximum atomic E-state index is 11.3. The Labute approximate surface area is 179 Å². The predicted molar refractivity (Wildman–Crippen MR) is 120 cm³/mol. The average molecular weight is 403 g/mol. The van der Waals surface area contributed by atoms with Gasteiger partial charge in [-0.1, -0.05) is 27.7 Å². The van der Waals surface area contributed by atoms with E-state index >= 15 is 0 Å². The fraction of sp³-hybridized carbons (Fsp3) is 1.00. The van der Waals surface area contributed by atoms with Gasteiger partial charge in [0, 0.05) is 18.0 Å². The van der Waals surface area contributed by atoms with Crippen LogP contribution in [0.15, 0.2) is 0 Å². The molecule has 2 spiro atoms. The van der Waals surface area contributed by atoms with Crippen LogP contribution < -0.4 is 10.6 Å². The molecule has 0 aromatic heterocycles. The molecule has 5 fully saturated rings. The molecule has 0 aromatic carbocycles.